The lowest BCUT2D eigenvalue weighted by Gasteiger charge is -2.36. The highest BCUT2D eigenvalue weighted by molar-refractivity contribution is 5.84. The van der Waals surface area contributed by atoms with Crippen LogP contribution in [0.15, 0.2) is 24.4 Å². The third-order valence-electron chi connectivity index (χ3n) is 3.78. The fourth-order valence-corrected chi connectivity index (χ4v) is 2.29. The molecule has 1 saturated heterocycles. The number of carbonyl (C=O) groups excluding carboxylic acids is 1. The van der Waals surface area contributed by atoms with Gasteiger partial charge in [-0.15, -0.1) is 0 Å². The van der Waals surface area contributed by atoms with Crippen molar-refractivity contribution >= 4 is 17.7 Å². The van der Waals surface area contributed by atoms with Crippen LogP contribution in [0.2, 0.25) is 0 Å². The quantitative estimate of drug-likeness (QED) is 0.903. The van der Waals surface area contributed by atoms with Crippen LogP contribution in [-0.2, 0) is 9.59 Å². The first-order chi connectivity index (χ1) is 9.90. The fraction of sp³-hybridized carbons (Fsp3) is 0.533. The standard InChI is InChI=1S/C15H21N3O3/c1-15(2,14(20)21)11-13(19)18-9-7-17(8-10-18)12-5-3-4-6-16-12/h3-6H,7-11H2,1-2H3,(H,20,21). The maximum absolute atomic E-state index is 12.2. The van der Waals surface area contributed by atoms with E-state index < -0.39 is 11.4 Å². The second kappa shape index (κ2) is 6.11. The molecule has 1 aromatic heterocycles. The predicted molar refractivity (Wildman–Crippen MR) is 79.1 cm³/mol. The predicted octanol–water partition coefficient (Wildman–Crippen LogP) is 1.23. The number of carboxylic acids is 1. The minimum Gasteiger partial charge on any atom is -0.481 e. The Bertz CT molecular complexity index is 508. The SMILES string of the molecule is CC(C)(CC(=O)N1CCN(c2ccccn2)CC1)C(=O)O. The maximum Gasteiger partial charge on any atom is 0.309 e. The normalized spacial score (nSPS) is 15.9. The van der Waals surface area contributed by atoms with Gasteiger partial charge >= 0.3 is 5.97 Å². The second-order valence-corrected chi connectivity index (χ2v) is 5.92. The summed E-state index contributed by atoms with van der Waals surface area (Å²) in [7, 11) is 0. The molecule has 0 bridgehead atoms. The summed E-state index contributed by atoms with van der Waals surface area (Å²) in [6.07, 6.45) is 1.79. The molecule has 6 heteroatoms. The van der Waals surface area contributed by atoms with Crippen LogP contribution in [0.25, 0.3) is 0 Å². The molecule has 1 aliphatic heterocycles. The minimum absolute atomic E-state index is 0.0337. The number of hydrogen-bond acceptors (Lipinski definition) is 4. The van der Waals surface area contributed by atoms with E-state index >= 15 is 0 Å². The molecule has 0 spiro atoms. The summed E-state index contributed by atoms with van der Waals surface area (Å²) in [6.45, 7) is 5.80. The van der Waals surface area contributed by atoms with Crippen LogP contribution in [0.5, 0.6) is 0 Å². The Morgan fingerprint density at radius 3 is 2.43 bits per heavy atom. The number of amides is 1. The third-order valence-corrected chi connectivity index (χ3v) is 3.78. The van der Waals surface area contributed by atoms with E-state index in [0.717, 1.165) is 18.9 Å². The first-order valence-electron chi connectivity index (χ1n) is 7.07. The zero-order chi connectivity index (χ0) is 15.5. The maximum atomic E-state index is 12.2. The van der Waals surface area contributed by atoms with Crippen molar-refractivity contribution in [3.8, 4) is 0 Å². The van der Waals surface area contributed by atoms with Gasteiger partial charge in [0.25, 0.3) is 0 Å². The van der Waals surface area contributed by atoms with E-state index in [1.165, 1.54) is 0 Å². The van der Waals surface area contributed by atoms with Crippen LogP contribution < -0.4 is 4.90 Å². The van der Waals surface area contributed by atoms with Crippen molar-refractivity contribution in [3.05, 3.63) is 24.4 Å². The molecule has 1 fully saturated rings. The van der Waals surface area contributed by atoms with Gasteiger partial charge in [0.1, 0.15) is 5.82 Å². The van der Waals surface area contributed by atoms with E-state index in [1.807, 2.05) is 18.2 Å². The molecule has 1 amide bonds. The highest BCUT2D eigenvalue weighted by Crippen LogP contribution is 2.22. The number of carboxylic acid groups (broad SMARTS) is 1. The smallest absolute Gasteiger partial charge is 0.309 e. The summed E-state index contributed by atoms with van der Waals surface area (Å²) in [6, 6.07) is 5.76. The lowest BCUT2D eigenvalue weighted by Crippen LogP contribution is -2.50. The number of carbonyl (C=O) groups is 2. The lowest BCUT2D eigenvalue weighted by molar-refractivity contribution is -0.151. The average Bonchev–Trinajstić information content (AvgIpc) is 2.48. The van der Waals surface area contributed by atoms with Crippen LogP contribution in [0, 0.1) is 5.41 Å². The van der Waals surface area contributed by atoms with E-state index in [0.29, 0.717) is 13.1 Å². The highest BCUT2D eigenvalue weighted by Gasteiger charge is 2.33. The van der Waals surface area contributed by atoms with Crippen molar-refractivity contribution in [2.75, 3.05) is 31.1 Å². The summed E-state index contributed by atoms with van der Waals surface area (Å²) in [5.74, 6) is -0.124. The molecule has 2 heterocycles. The molecular weight excluding hydrogens is 270 g/mol. The first-order valence-corrected chi connectivity index (χ1v) is 7.07. The van der Waals surface area contributed by atoms with E-state index in [9.17, 15) is 9.59 Å². The topological polar surface area (TPSA) is 73.7 Å². The molecule has 21 heavy (non-hydrogen) atoms. The molecule has 114 valence electrons. The van der Waals surface area contributed by atoms with Gasteiger partial charge in [-0.2, -0.15) is 0 Å². The molecule has 0 aromatic carbocycles. The van der Waals surface area contributed by atoms with Gasteiger partial charge in [-0.25, -0.2) is 4.98 Å². The molecule has 0 radical (unpaired) electrons. The average molecular weight is 291 g/mol. The van der Waals surface area contributed by atoms with Crippen LogP contribution in [0.1, 0.15) is 20.3 Å². The van der Waals surface area contributed by atoms with Crippen LogP contribution >= 0.6 is 0 Å². The van der Waals surface area contributed by atoms with Crippen LogP contribution in [0.4, 0.5) is 5.82 Å². The number of nitrogens with zero attached hydrogens (tertiary/aromatic N) is 3. The first kappa shape index (κ1) is 15.3. The fourth-order valence-electron chi connectivity index (χ4n) is 2.29. The lowest BCUT2D eigenvalue weighted by atomic mass is 9.89. The minimum atomic E-state index is -1.02. The van der Waals surface area contributed by atoms with E-state index in [2.05, 4.69) is 9.88 Å². The van der Waals surface area contributed by atoms with Gasteiger partial charge < -0.3 is 14.9 Å². The summed E-state index contributed by atoms with van der Waals surface area (Å²) in [5.41, 5.74) is -1.02. The van der Waals surface area contributed by atoms with Gasteiger partial charge in [-0.05, 0) is 26.0 Å². The number of anilines is 1. The van der Waals surface area contributed by atoms with Gasteiger partial charge in [-0.1, -0.05) is 6.07 Å². The molecule has 6 nitrogen and oxygen atoms in total. The van der Waals surface area contributed by atoms with Crippen molar-refractivity contribution in [2.45, 2.75) is 20.3 Å². The Balaban J connectivity index is 1.89. The van der Waals surface area contributed by atoms with Crippen molar-refractivity contribution < 1.29 is 14.7 Å². The number of aliphatic carboxylic acids is 1. The van der Waals surface area contributed by atoms with Gasteiger partial charge in [-0.3, -0.25) is 9.59 Å². The zero-order valence-corrected chi connectivity index (χ0v) is 12.5. The molecular formula is C15H21N3O3. The van der Waals surface area contributed by atoms with Crippen molar-refractivity contribution in [3.63, 3.8) is 0 Å². The Morgan fingerprint density at radius 1 is 1.24 bits per heavy atom. The zero-order valence-electron chi connectivity index (χ0n) is 12.5. The van der Waals surface area contributed by atoms with E-state index in [-0.39, 0.29) is 12.3 Å². The summed E-state index contributed by atoms with van der Waals surface area (Å²) in [4.78, 5) is 31.4. The molecule has 0 atom stereocenters. The Hall–Kier alpha value is -2.11. The van der Waals surface area contributed by atoms with Gasteiger partial charge in [0.15, 0.2) is 0 Å². The van der Waals surface area contributed by atoms with Crippen LogP contribution in [-0.4, -0.2) is 53.0 Å². The van der Waals surface area contributed by atoms with Gasteiger partial charge in [0.05, 0.1) is 5.41 Å². The van der Waals surface area contributed by atoms with Crippen molar-refractivity contribution in [2.24, 2.45) is 5.41 Å². The molecule has 1 aliphatic rings. The largest absolute Gasteiger partial charge is 0.481 e. The van der Waals surface area contributed by atoms with Crippen LogP contribution in [0.3, 0.4) is 0 Å². The molecule has 0 aliphatic carbocycles. The molecule has 0 saturated carbocycles. The molecule has 0 unspecified atom stereocenters. The van der Waals surface area contributed by atoms with Gasteiger partial charge in [0, 0.05) is 38.8 Å². The Kier molecular flexibility index (Phi) is 4.45. The molecule has 2 rings (SSSR count). The van der Waals surface area contributed by atoms with Crippen molar-refractivity contribution in [1.82, 2.24) is 9.88 Å². The number of pyridine rings is 1. The summed E-state index contributed by atoms with van der Waals surface area (Å²) in [5, 5.41) is 9.09. The highest BCUT2D eigenvalue weighted by atomic mass is 16.4. The summed E-state index contributed by atoms with van der Waals surface area (Å²) >= 11 is 0. The van der Waals surface area contributed by atoms with E-state index in [4.69, 9.17) is 5.11 Å². The molecule has 1 N–H and O–H groups in total. The second-order valence-electron chi connectivity index (χ2n) is 5.92. The Morgan fingerprint density at radius 2 is 1.90 bits per heavy atom. The third kappa shape index (κ3) is 3.71. The number of piperazine rings is 1. The van der Waals surface area contributed by atoms with E-state index in [1.54, 1.807) is 24.9 Å². The summed E-state index contributed by atoms with van der Waals surface area (Å²) < 4.78 is 0. The number of aromatic nitrogens is 1. The number of rotatable bonds is 4. The number of hydrogen-bond donors (Lipinski definition) is 1. The Labute approximate surface area is 124 Å². The van der Waals surface area contributed by atoms with Crippen molar-refractivity contribution in [1.29, 1.82) is 0 Å². The van der Waals surface area contributed by atoms with Gasteiger partial charge in [0.2, 0.25) is 5.91 Å². The molecule has 1 aromatic rings. The monoisotopic (exact) mass is 291 g/mol.